The number of hydrogen-bond acceptors (Lipinski definition) is 2. The quantitative estimate of drug-likeness (QED) is 0.510. The van der Waals surface area contributed by atoms with Crippen LogP contribution in [0.4, 0.5) is 0 Å². The maximum absolute atomic E-state index is 8.32. The summed E-state index contributed by atoms with van der Waals surface area (Å²) in [6.45, 7) is 2.08. The average Bonchev–Trinajstić information content (AvgIpc) is 1.91. The van der Waals surface area contributed by atoms with Crippen LogP contribution in [-0.2, 0) is 0 Å². The van der Waals surface area contributed by atoms with Crippen molar-refractivity contribution in [2.24, 2.45) is 0 Å². The van der Waals surface area contributed by atoms with E-state index in [0.29, 0.717) is 12.2 Å². The first kappa shape index (κ1) is 6.63. The van der Waals surface area contributed by atoms with Crippen LogP contribution in [-0.4, -0.2) is 20.4 Å². The fourth-order valence-electron chi connectivity index (χ4n) is 1.06. The van der Waals surface area contributed by atoms with Crippen molar-refractivity contribution in [2.75, 3.05) is 13.1 Å². The fraction of sp³-hybridized carbons (Fsp3) is 0.833. The predicted molar refractivity (Wildman–Crippen MR) is 37.4 cm³/mol. The molecule has 1 aliphatic rings. The maximum atomic E-state index is 8.32. The molecule has 1 aliphatic heterocycles. The topological polar surface area (TPSA) is 35.8 Å². The van der Waals surface area contributed by atoms with Crippen LogP contribution < -0.4 is 5.32 Å². The SMILES string of the molecule is N#CCC1[B]CCNC1. The van der Waals surface area contributed by atoms with Crippen LogP contribution in [0.2, 0.25) is 12.1 Å². The van der Waals surface area contributed by atoms with Gasteiger partial charge in [0.05, 0.1) is 6.07 Å². The first-order valence-electron chi connectivity index (χ1n) is 3.34. The van der Waals surface area contributed by atoms with Crippen LogP contribution in [0.25, 0.3) is 0 Å². The number of rotatable bonds is 1. The van der Waals surface area contributed by atoms with Crippen LogP contribution in [0.5, 0.6) is 0 Å². The summed E-state index contributed by atoms with van der Waals surface area (Å²) in [4.78, 5) is 0. The third-order valence-electron chi connectivity index (χ3n) is 1.58. The van der Waals surface area contributed by atoms with Gasteiger partial charge in [-0.15, -0.1) is 0 Å². The van der Waals surface area contributed by atoms with Crippen molar-refractivity contribution in [3.63, 3.8) is 0 Å². The molecule has 0 aromatic carbocycles. The second-order valence-corrected chi connectivity index (χ2v) is 2.35. The van der Waals surface area contributed by atoms with Crippen molar-refractivity contribution in [1.29, 1.82) is 5.26 Å². The normalized spacial score (nSPS) is 26.3. The van der Waals surface area contributed by atoms with E-state index < -0.39 is 0 Å². The van der Waals surface area contributed by atoms with Gasteiger partial charge >= 0.3 is 0 Å². The molecule has 0 spiro atoms. The van der Waals surface area contributed by atoms with Gasteiger partial charge in [-0.25, -0.2) is 0 Å². The Morgan fingerprint density at radius 2 is 2.67 bits per heavy atom. The minimum absolute atomic E-state index is 0.503. The van der Waals surface area contributed by atoms with E-state index in [2.05, 4.69) is 18.7 Å². The third-order valence-corrected chi connectivity index (χ3v) is 1.58. The summed E-state index contributed by atoms with van der Waals surface area (Å²) >= 11 is 0. The molecular weight excluding hydrogens is 111 g/mol. The maximum Gasteiger partial charge on any atom is 0.118 e. The molecule has 1 saturated heterocycles. The molecule has 0 saturated carbocycles. The molecule has 0 amide bonds. The molecule has 0 aliphatic carbocycles. The van der Waals surface area contributed by atoms with Crippen molar-refractivity contribution in [3.8, 4) is 6.07 Å². The van der Waals surface area contributed by atoms with Gasteiger partial charge in [0.25, 0.3) is 0 Å². The molecule has 9 heavy (non-hydrogen) atoms. The molecule has 0 bridgehead atoms. The molecule has 0 aromatic heterocycles. The van der Waals surface area contributed by atoms with E-state index in [1.807, 2.05) is 0 Å². The zero-order valence-electron chi connectivity index (χ0n) is 5.43. The Kier molecular flexibility index (Phi) is 2.60. The lowest BCUT2D eigenvalue weighted by atomic mass is 9.59. The summed E-state index contributed by atoms with van der Waals surface area (Å²) in [6.07, 6.45) is 1.79. The number of nitrogens with one attached hydrogen (secondary N) is 1. The summed E-state index contributed by atoms with van der Waals surface area (Å²) in [5.74, 6) is 0.503. The second kappa shape index (κ2) is 3.52. The fourth-order valence-corrected chi connectivity index (χ4v) is 1.06. The molecule has 1 fully saturated rings. The molecule has 1 heterocycles. The van der Waals surface area contributed by atoms with Crippen molar-refractivity contribution >= 4 is 7.28 Å². The number of nitriles is 1. The van der Waals surface area contributed by atoms with Gasteiger partial charge in [-0.1, -0.05) is 6.32 Å². The smallest absolute Gasteiger partial charge is 0.118 e. The molecule has 3 heteroatoms. The van der Waals surface area contributed by atoms with E-state index in [-0.39, 0.29) is 0 Å². The van der Waals surface area contributed by atoms with Crippen molar-refractivity contribution < 1.29 is 0 Å². The highest BCUT2D eigenvalue weighted by Gasteiger charge is 2.12. The van der Waals surface area contributed by atoms with E-state index in [4.69, 9.17) is 5.26 Å². The summed E-state index contributed by atoms with van der Waals surface area (Å²) in [7, 11) is 2.24. The highest BCUT2D eigenvalue weighted by molar-refractivity contribution is 6.38. The van der Waals surface area contributed by atoms with Crippen molar-refractivity contribution in [1.82, 2.24) is 5.32 Å². The van der Waals surface area contributed by atoms with E-state index in [1.54, 1.807) is 0 Å². The molecule has 1 unspecified atom stereocenters. The number of hydrogen-bond donors (Lipinski definition) is 1. The zero-order valence-corrected chi connectivity index (χ0v) is 5.43. The summed E-state index contributed by atoms with van der Waals surface area (Å²) in [5, 5.41) is 11.6. The van der Waals surface area contributed by atoms with Crippen LogP contribution in [0.15, 0.2) is 0 Å². The van der Waals surface area contributed by atoms with E-state index in [0.717, 1.165) is 19.4 Å². The Bertz CT molecular complexity index is 113. The lowest BCUT2D eigenvalue weighted by Crippen LogP contribution is -2.30. The third kappa shape index (κ3) is 2.07. The van der Waals surface area contributed by atoms with Crippen LogP contribution in [0, 0.1) is 11.3 Å². The van der Waals surface area contributed by atoms with Gasteiger partial charge in [-0.2, -0.15) is 5.26 Å². The van der Waals surface area contributed by atoms with Gasteiger partial charge in [-0.05, 0) is 18.9 Å². The van der Waals surface area contributed by atoms with Gasteiger partial charge in [0, 0.05) is 6.42 Å². The van der Waals surface area contributed by atoms with Gasteiger partial charge in [-0.3, -0.25) is 0 Å². The van der Waals surface area contributed by atoms with Crippen LogP contribution >= 0.6 is 0 Å². The Morgan fingerprint density at radius 3 is 3.22 bits per heavy atom. The average molecular weight is 121 g/mol. The number of nitrogens with zero attached hydrogens (tertiary/aromatic N) is 1. The lowest BCUT2D eigenvalue weighted by Gasteiger charge is -2.18. The molecule has 47 valence electrons. The Morgan fingerprint density at radius 1 is 1.78 bits per heavy atom. The molecule has 0 aromatic rings. The Labute approximate surface area is 56.5 Å². The van der Waals surface area contributed by atoms with Crippen molar-refractivity contribution in [3.05, 3.63) is 0 Å². The Balaban J connectivity index is 2.17. The van der Waals surface area contributed by atoms with E-state index in [1.165, 1.54) is 0 Å². The largest absolute Gasteiger partial charge is 0.318 e. The molecule has 1 atom stereocenters. The standard InChI is InChI=1S/C6H10BN2/c8-3-1-6-5-9-4-2-7-6/h6,9H,1-2,4-5H2. The highest BCUT2D eigenvalue weighted by Crippen LogP contribution is 2.11. The molecule has 1 rings (SSSR count). The van der Waals surface area contributed by atoms with Gasteiger partial charge in [0.2, 0.25) is 0 Å². The predicted octanol–water partition coefficient (Wildman–Crippen LogP) is 0.414. The zero-order chi connectivity index (χ0) is 6.53. The van der Waals surface area contributed by atoms with E-state index in [9.17, 15) is 0 Å². The molecular formula is C6H10BN2. The second-order valence-electron chi connectivity index (χ2n) is 2.35. The van der Waals surface area contributed by atoms with Crippen LogP contribution in [0.1, 0.15) is 6.42 Å². The summed E-state index contributed by atoms with van der Waals surface area (Å²) in [5.41, 5.74) is 0. The van der Waals surface area contributed by atoms with Gasteiger partial charge < -0.3 is 5.32 Å². The molecule has 1 radical (unpaired) electrons. The minimum atomic E-state index is 0.503. The minimum Gasteiger partial charge on any atom is -0.318 e. The highest BCUT2D eigenvalue weighted by atomic mass is 14.9. The summed E-state index contributed by atoms with van der Waals surface area (Å²) in [6, 6.07) is 2.17. The summed E-state index contributed by atoms with van der Waals surface area (Å²) < 4.78 is 0. The van der Waals surface area contributed by atoms with E-state index >= 15 is 0 Å². The van der Waals surface area contributed by atoms with Gasteiger partial charge in [0.15, 0.2) is 0 Å². The molecule has 1 N–H and O–H groups in total. The monoisotopic (exact) mass is 121 g/mol. The Hall–Kier alpha value is -0.485. The molecule has 2 nitrogen and oxygen atoms in total. The van der Waals surface area contributed by atoms with Crippen molar-refractivity contribution in [2.45, 2.75) is 18.6 Å². The first-order chi connectivity index (χ1) is 4.43. The van der Waals surface area contributed by atoms with Gasteiger partial charge in [0.1, 0.15) is 7.28 Å². The first-order valence-corrected chi connectivity index (χ1v) is 3.34. The van der Waals surface area contributed by atoms with Crippen LogP contribution in [0.3, 0.4) is 0 Å². The lowest BCUT2D eigenvalue weighted by molar-refractivity contribution is 0.643.